The van der Waals surface area contributed by atoms with Gasteiger partial charge in [0.15, 0.2) is 0 Å². The molecule has 0 amide bonds. The fraction of sp³-hybridized carbons (Fsp3) is 0.533. The van der Waals surface area contributed by atoms with E-state index in [4.69, 9.17) is 0 Å². The second kappa shape index (κ2) is 5.29. The van der Waals surface area contributed by atoms with Gasteiger partial charge < -0.3 is 0 Å². The molecule has 0 aliphatic carbocycles. The van der Waals surface area contributed by atoms with E-state index in [0.29, 0.717) is 0 Å². The zero-order valence-corrected chi connectivity index (χ0v) is 11.2. The number of nitrogens with zero attached hydrogens (tertiary/aromatic N) is 1. The molecule has 16 heavy (non-hydrogen) atoms. The van der Waals surface area contributed by atoms with E-state index < -0.39 is 0 Å². The first-order valence-electron chi connectivity index (χ1n) is 6.13. The van der Waals surface area contributed by atoms with Crippen molar-refractivity contribution in [3.05, 3.63) is 35.7 Å². The predicted molar refractivity (Wildman–Crippen MR) is 71.3 cm³/mol. The molecule has 0 saturated heterocycles. The lowest BCUT2D eigenvalue weighted by Gasteiger charge is -2.18. The minimum Gasteiger partial charge on any atom is -0.257 e. The minimum absolute atomic E-state index is 0.258. The van der Waals surface area contributed by atoms with Crippen molar-refractivity contribution in [2.45, 2.75) is 47.5 Å². The lowest BCUT2D eigenvalue weighted by Crippen LogP contribution is -2.05. The largest absolute Gasteiger partial charge is 0.257 e. The van der Waals surface area contributed by atoms with Gasteiger partial charge >= 0.3 is 0 Å². The van der Waals surface area contributed by atoms with Gasteiger partial charge in [0.1, 0.15) is 0 Å². The molecule has 0 spiro atoms. The summed E-state index contributed by atoms with van der Waals surface area (Å²) in [6.07, 6.45) is 6.46. The number of rotatable bonds is 4. The average Bonchev–Trinajstić information content (AvgIpc) is 2.28. The molecule has 0 atom stereocenters. The lowest BCUT2D eigenvalue weighted by atomic mass is 9.87. The van der Waals surface area contributed by atoms with E-state index in [1.165, 1.54) is 11.1 Å². The molecule has 0 N–H and O–H groups in total. The summed E-state index contributed by atoms with van der Waals surface area (Å²) in [5.74, 6) is 0. The van der Waals surface area contributed by atoms with Crippen molar-refractivity contribution in [2.75, 3.05) is 0 Å². The summed E-state index contributed by atoms with van der Waals surface area (Å²) in [5.41, 5.74) is 4.00. The maximum absolute atomic E-state index is 4.44. The monoisotopic (exact) mass is 217 g/mol. The van der Waals surface area contributed by atoms with Crippen LogP contribution in [0.4, 0.5) is 0 Å². The zero-order valence-electron chi connectivity index (χ0n) is 11.2. The Morgan fingerprint density at radius 2 is 2.06 bits per heavy atom. The Balaban J connectivity index is 3.00. The van der Waals surface area contributed by atoms with Gasteiger partial charge in [0.25, 0.3) is 0 Å². The third-order valence-corrected chi connectivity index (χ3v) is 3.16. The molecule has 1 rings (SSSR count). The van der Waals surface area contributed by atoms with E-state index in [1.807, 2.05) is 6.20 Å². The SMILES string of the molecule is CCc1ccnc(/C(C)=C/C(C)(C)CC)c1. The molecule has 1 heteroatoms. The summed E-state index contributed by atoms with van der Waals surface area (Å²) in [6, 6.07) is 4.28. The standard InChI is InChI=1S/C15H23N/c1-6-13-8-9-16-14(10-13)12(3)11-15(4,5)7-2/h8-11H,6-7H2,1-5H3/b12-11+. The Kier molecular flexibility index (Phi) is 4.28. The van der Waals surface area contributed by atoms with Gasteiger partial charge in [-0.2, -0.15) is 0 Å². The van der Waals surface area contributed by atoms with Gasteiger partial charge in [0, 0.05) is 6.20 Å². The van der Waals surface area contributed by atoms with Crippen LogP contribution < -0.4 is 0 Å². The summed E-state index contributed by atoms with van der Waals surface area (Å²) in [5, 5.41) is 0. The number of hydrogen-bond acceptors (Lipinski definition) is 1. The number of aromatic nitrogens is 1. The van der Waals surface area contributed by atoms with Crippen LogP contribution in [0.3, 0.4) is 0 Å². The molecule has 0 aliphatic heterocycles. The number of hydrogen-bond donors (Lipinski definition) is 0. The van der Waals surface area contributed by atoms with Crippen LogP contribution in [0.2, 0.25) is 0 Å². The molecule has 0 aromatic carbocycles. The van der Waals surface area contributed by atoms with Crippen LogP contribution in [0.25, 0.3) is 5.57 Å². The maximum Gasteiger partial charge on any atom is 0.0658 e. The van der Waals surface area contributed by atoms with Gasteiger partial charge in [0.05, 0.1) is 5.69 Å². The van der Waals surface area contributed by atoms with Crippen LogP contribution in [0.5, 0.6) is 0 Å². The van der Waals surface area contributed by atoms with E-state index in [0.717, 1.165) is 18.5 Å². The number of allylic oxidation sites excluding steroid dienone is 2. The van der Waals surface area contributed by atoms with Crippen molar-refractivity contribution in [1.82, 2.24) is 4.98 Å². The lowest BCUT2D eigenvalue weighted by molar-refractivity contribution is 0.463. The molecule has 1 aromatic rings. The van der Waals surface area contributed by atoms with Crippen LogP contribution in [-0.2, 0) is 6.42 Å². The van der Waals surface area contributed by atoms with E-state index in [9.17, 15) is 0 Å². The second-order valence-electron chi connectivity index (χ2n) is 5.07. The second-order valence-corrected chi connectivity index (χ2v) is 5.07. The molecule has 0 radical (unpaired) electrons. The van der Waals surface area contributed by atoms with Crippen LogP contribution in [-0.4, -0.2) is 4.98 Å². The molecule has 0 unspecified atom stereocenters. The van der Waals surface area contributed by atoms with E-state index in [-0.39, 0.29) is 5.41 Å². The summed E-state index contributed by atoms with van der Waals surface area (Å²) in [7, 11) is 0. The topological polar surface area (TPSA) is 12.9 Å². The molecule has 1 nitrogen and oxygen atoms in total. The molecule has 1 aromatic heterocycles. The van der Waals surface area contributed by atoms with Crippen LogP contribution in [0.15, 0.2) is 24.4 Å². The van der Waals surface area contributed by atoms with Gasteiger partial charge in [-0.1, -0.05) is 33.8 Å². The van der Waals surface area contributed by atoms with Crippen molar-refractivity contribution in [3.63, 3.8) is 0 Å². The molecule has 1 heterocycles. The minimum atomic E-state index is 0.258. The van der Waals surface area contributed by atoms with E-state index >= 15 is 0 Å². The quantitative estimate of drug-likeness (QED) is 0.724. The first kappa shape index (κ1) is 13.0. The number of aryl methyl sites for hydroxylation is 1. The Morgan fingerprint density at radius 1 is 1.38 bits per heavy atom. The van der Waals surface area contributed by atoms with Gasteiger partial charge in [0.2, 0.25) is 0 Å². The molecule has 0 bridgehead atoms. The predicted octanol–water partition coefficient (Wildman–Crippen LogP) is 4.48. The zero-order chi connectivity index (χ0) is 12.2. The highest BCUT2D eigenvalue weighted by Gasteiger charge is 2.12. The Morgan fingerprint density at radius 3 is 2.62 bits per heavy atom. The fourth-order valence-corrected chi connectivity index (χ4v) is 1.67. The van der Waals surface area contributed by atoms with Crippen LogP contribution in [0.1, 0.15) is 52.3 Å². The van der Waals surface area contributed by atoms with Gasteiger partial charge in [-0.05, 0) is 48.4 Å². The molecule has 0 fully saturated rings. The van der Waals surface area contributed by atoms with E-state index in [2.05, 4.69) is 57.8 Å². The van der Waals surface area contributed by atoms with Crippen molar-refractivity contribution in [3.8, 4) is 0 Å². The highest BCUT2D eigenvalue weighted by molar-refractivity contribution is 5.61. The van der Waals surface area contributed by atoms with Crippen LogP contribution in [0, 0.1) is 5.41 Å². The summed E-state index contributed by atoms with van der Waals surface area (Å²) < 4.78 is 0. The molecule has 88 valence electrons. The Hall–Kier alpha value is -1.11. The van der Waals surface area contributed by atoms with E-state index in [1.54, 1.807) is 0 Å². The van der Waals surface area contributed by atoms with Gasteiger partial charge in [-0.15, -0.1) is 0 Å². The van der Waals surface area contributed by atoms with Crippen molar-refractivity contribution in [2.24, 2.45) is 5.41 Å². The first-order valence-corrected chi connectivity index (χ1v) is 6.13. The smallest absolute Gasteiger partial charge is 0.0658 e. The molecular weight excluding hydrogens is 194 g/mol. The van der Waals surface area contributed by atoms with Crippen molar-refractivity contribution < 1.29 is 0 Å². The summed E-state index contributed by atoms with van der Waals surface area (Å²) >= 11 is 0. The number of pyridine rings is 1. The highest BCUT2D eigenvalue weighted by atomic mass is 14.7. The summed E-state index contributed by atoms with van der Waals surface area (Å²) in [4.78, 5) is 4.44. The van der Waals surface area contributed by atoms with Crippen LogP contribution >= 0.6 is 0 Å². The maximum atomic E-state index is 4.44. The Labute approximate surface area is 99.6 Å². The third kappa shape index (κ3) is 3.48. The van der Waals surface area contributed by atoms with Crippen molar-refractivity contribution in [1.29, 1.82) is 0 Å². The molecular formula is C15H23N. The highest BCUT2D eigenvalue weighted by Crippen LogP contribution is 2.26. The van der Waals surface area contributed by atoms with Gasteiger partial charge in [-0.3, -0.25) is 4.98 Å². The summed E-state index contributed by atoms with van der Waals surface area (Å²) in [6.45, 7) is 11.1. The molecule has 0 saturated carbocycles. The average molecular weight is 217 g/mol. The first-order chi connectivity index (χ1) is 7.48. The van der Waals surface area contributed by atoms with Crippen molar-refractivity contribution >= 4 is 5.57 Å². The Bertz CT molecular complexity index is 375. The normalized spacial score (nSPS) is 12.9. The van der Waals surface area contributed by atoms with Gasteiger partial charge in [-0.25, -0.2) is 0 Å². The fourth-order valence-electron chi connectivity index (χ4n) is 1.67. The third-order valence-electron chi connectivity index (χ3n) is 3.16. The molecule has 0 aliphatic rings.